The Morgan fingerprint density at radius 3 is 2.36 bits per heavy atom. The third-order valence-corrected chi connectivity index (χ3v) is 8.93. The number of hydrogen-bond donors (Lipinski definition) is 0. The van der Waals surface area contributed by atoms with Gasteiger partial charge in [-0.3, -0.25) is 4.90 Å². The Bertz CT molecular complexity index is 1490. The lowest BCUT2D eigenvalue weighted by Crippen LogP contribution is -2.67. The SMILES string of the molecule is [C-]#[N+]C1(c2ccc(N(CC3CN(C4CN(C(=O)OC(C)(C)C)C4)C3)c3cc(-c4c(C)noc4C)ccc3C)cc2)CC1. The van der Waals surface area contributed by atoms with Crippen molar-refractivity contribution in [3.63, 3.8) is 0 Å². The molecule has 2 aromatic carbocycles. The number of ether oxygens (including phenoxy) is 1. The average Bonchev–Trinajstić information content (AvgIpc) is 3.62. The molecule has 0 spiro atoms. The van der Waals surface area contributed by atoms with E-state index in [2.05, 4.69) is 69.2 Å². The minimum Gasteiger partial charge on any atom is -0.444 e. The Hall–Kier alpha value is -3.83. The molecule has 8 heteroatoms. The lowest BCUT2D eigenvalue weighted by Gasteiger charge is -2.52. The predicted octanol–water partition coefficient (Wildman–Crippen LogP) is 6.86. The van der Waals surface area contributed by atoms with Crippen molar-refractivity contribution in [1.82, 2.24) is 15.0 Å². The molecule has 42 heavy (non-hydrogen) atoms. The molecule has 3 heterocycles. The van der Waals surface area contributed by atoms with E-state index in [1.807, 2.05) is 34.6 Å². The van der Waals surface area contributed by atoms with E-state index in [-0.39, 0.29) is 11.6 Å². The van der Waals surface area contributed by atoms with Gasteiger partial charge in [0.15, 0.2) is 0 Å². The molecule has 220 valence electrons. The third kappa shape index (κ3) is 5.38. The summed E-state index contributed by atoms with van der Waals surface area (Å²) in [5.74, 6) is 1.32. The monoisotopic (exact) mass is 567 g/mol. The fraction of sp³-hybridized carbons (Fsp3) is 0.500. The number of carbonyl (C=O) groups is 1. The van der Waals surface area contributed by atoms with Crippen LogP contribution in [0.1, 0.15) is 56.2 Å². The van der Waals surface area contributed by atoms with Crippen molar-refractivity contribution < 1.29 is 14.1 Å². The van der Waals surface area contributed by atoms with Crippen LogP contribution in [0.5, 0.6) is 0 Å². The van der Waals surface area contributed by atoms with Crippen LogP contribution in [0.3, 0.4) is 0 Å². The minimum absolute atomic E-state index is 0.217. The zero-order chi connectivity index (χ0) is 29.8. The van der Waals surface area contributed by atoms with Crippen LogP contribution in [0, 0.1) is 33.3 Å². The number of aryl methyl sites for hydroxylation is 3. The molecule has 1 saturated carbocycles. The molecule has 6 rings (SSSR count). The highest BCUT2D eigenvalue weighted by Gasteiger charge is 2.52. The van der Waals surface area contributed by atoms with Crippen molar-refractivity contribution in [1.29, 1.82) is 0 Å². The normalized spacial score (nSPS) is 18.6. The first-order valence-corrected chi connectivity index (χ1v) is 15.0. The van der Waals surface area contributed by atoms with Crippen LogP contribution in [0.25, 0.3) is 16.0 Å². The zero-order valence-electron chi connectivity index (χ0n) is 25.6. The molecule has 0 unspecified atom stereocenters. The van der Waals surface area contributed by atoms with Gasteiger partial charge in [-0.1, -0.05) is 17.3 Å². The lowest BCUT2D eigenvalue weighted by molar-refractivity contribution is -0.0431. The second-order valence-electron chi connectivity index (χ2n) is 13.4. The van der Waals surface area contributed by atoms with E-state index in [1.54, 1.807) is 4.90 Å². The Balaban J connectivity index is 1.20. The molecule has 1 aliphatic carbocycles. The van der Waals surface area contributed by atoms with E-state index in [9.17, 15) is 4.79 Å². The summed E-state index contributed by atoms with van der Waals surface area (Å²) in [6, 6.07) is 15.7. The summed E-state index contributed by atoms with van der Waals surface area (Å²) in [4.78, 5) is 23.1. The second-order valence-corrected chi connectivity index (χ2v) is 13.4. The van der Waals surface area contributed by atoms with Crippen molar-refractivity contribution in [2.45, 2.75) is 71.6 Å². The van der Waals surface area contributed by atoms with Crippen molar-refractivity contribution >= 4 is 17.5 Å². The maximum absolute atomic E-state index is 12.4. The zero-order valence-corrected chi connectivity index (χ0v) is 25.6. The first-order valence-electron chi connectivity index (χ1n) is 15.0. The Morgan fingerprint density at radius 2 is 1.79 bits per heavy atom. The molecule has 3 fully saturated rings. The Labute approximate surface area is 249 Å². The van der Waals surface area contributed by atoms with Crippen LogP contribution in [-0.2, 0) is 10.3 Å². The van der Waals surface area contributed by atoms with Gasteiger partial charge in [0.1, 0.15) is 11.4 Å². The average molecular weight is 568 g/mol. The number of carbonyl (C=O) groups excluding carboxylic acids is 1. The molecule has 1 amide bonds. The maximum Gasteiger partial charge on any atom is 0.410 e. The van der Waals surface area contributed by atoms with Gasteiger partial charge in [-0.15, -0.1) is 0 Å². The van der Waals surface area contributed by atoms with Crippen molar-refractivity contribution in [3.05, 3.63) is 76.5 Å². The van der Waals surface area contributed by atoms with Gasteiger partial charge in [-0.2, -0.15) is 0 Å². The smallest absolute Gasteiger partial charge is 0.410 e. The quantitative estimate of drug-likeness (QED) is 0.291. The number of rotatable bonds is 7. The molecule has 2 saturated heterocycles. The number of anilines is 2. The fourth-order valence-electron chi connectivity index (χ4n) is 6.27. The molecule has 2 aliphatic heterocycles. The summed E-state index contributed by atoms with van der Waals surface area (Å²) < 4.78 is 11.0. The van der Waals surface area contributed by atoms with Gasteiger partial charge in [-0.25, -0.2) is 11.4 Å². The van der Waals surface area contributed by atoms with Gasteiger partial charge in [-0.05, 0) is 83.0 Å². The van der Waals surface area contributed by atoms with Gasteiger partial charge >= 0.3 is 6.09 Å². The highest BCUT2D eigenvalue weighted by atomic mass is 16.6. The summed E-state index contributed by atoms with van der Waals surface area (Å²) >= 11 is 0. The van der Waals surface area contributed by atoms with Crippen LogP contribution < -0.4 is 4.90 Å². The Morgan fingerprint density at radius 1 is 1.10 bits per heavy atom. The number of hydrogen-bond acceptors (Lipinski definition) is 6. The van der Waals surface area contributed by atoms with Crippen molar-refractivity contribution in [2.75, 3.05) is 37.6 Å². The molecule has 0 atom stereocenters. The van der Waals surface area contributed by atoms with E-state index in [0.29, 0.717) is 12.0 Å². The van der Waals surface area contributed by atoms with Crippen LogP contribution in [0.4, 0.5) is 16.2 Å². The molecule has 1 aromatic heterocycles. The molecule has 8 nitrogen and oxygen atoms in total. The molecule has 0 N–H and O–H groups in total. The third-order valence-electron chi connectivity index (χ3n) is 8.93. The lowest BCUT2D eigenvalue weighted by atomic mass is 9.93. The van der Waals surface area contributed by atoms with Crippen molar-refractivity contribution in [2.24, 2.45) is 5.92 Å². The minimum atomic E-state index is -0.470. The maximum atomic E-state index is 12.4. The molecule has 3 aliphatic rings. The van der Waals surface area contributed by atoms with Gasteiger partial charge in [0.05, 0.1) is 5.69 Å². The predicted molar refractivity (Wildman–Crippen MR) is 164 cm³/mol. The second kappa shape index (κ2) is 10.5. The Kier molecular flexibility index (Phi) is 7.05. The summed E-state index contributed by atoms with van der Waals surface area (Å²) in [5.41, 5.74) is 6.90. The van der Waals surface area contributed by atoms with Crippen LogP contribution in [-0.4, -0.2) is 65.4 Å². The summed E-state index contributed by atoms with van der Waals surface area (Å²) in [6.45, 7) is 23.9. The molecule has 3 aromatic rings. The molecule has 0 radical (unpaired) electrons. The summed E-state index contributed by atoms with van der Waals surface area (Å²) in [7, 11) is 0. The number of amides is 1. The standard InChI is InChI=1S/C34H41N5O3/c1-22-8-9-26(31-23(2)36-42-24(31)3)16-30(22)39(28-12-10-27(11-13-28)34(35-7)14-15-34)19-25-17-37(18-25)29-20-38(21-29)32(40)41-33(4,5)6/h8-13,16,25,29H,14-15,17-21H2,1-6H3. The fourth-order valence-corrected chi connectivity index (χ4v) is 6.27. The van der Waals surface area contributed by atoms with Gasteiger partial charge in [0.25, 0.3) is 5.54 Å². The van der Waals surface area contributed by atoms with Gasteiger partial charge in [0.2, 0.25) is 0 Å². The largest absolute Gasteiger partial charge is 0.444 e. The van der Waals surface area contributed by atoms with Gasteiger partial charge < -0.3 is 23.9 Å². The van der Waals surface area contributed by atoms with E-state index >= 15 is 0 Å². The van der Waals surface area contributed by atoms with Crippen molar-refractivity contribution in [3.8, 4) is 11.1 Å². The van der Waals surface area contributed by atoms with Crippen LogP contribution in [0.2, 0.25) is 0 Å². The molecular formula is C34H41N5O3. The topological polar surface area (TPSA) is 66.4 Å². The summed E-state index contributed by atoms with van der Waals surface area (Å²) in [6.07, 6.45) is 1.68. The molecule has 0 bridgehead atoms. The van der Waals surface area contributed by atoms with E-state index in [4.69, 9.17) is 15.8 Å². The highest BCUT2D eigenvalue weighted by molar-refractivity contribution is 5.76. The molecular weight excluding hydrogens is 526 g/mol. The summed E-state index contributed by atoms with van der Waals surface area (Å²) in [5, 5.41) is 4.19. The van der Waals surface area contributed by atoms with E-state index in [0.717, 1.165) is 79.4 Å². The number of aromatic nitrogens is 1. The number of nitrogens with zero attached hydrogens (tertiary/aromatic N) is 5. The number of benzene rings is 2. The van der Waals surface area contributed by atoms with Gasteiger partial charge in [0, 0.05) is 80.0 Å². The van der Waals surface area contributed by atoms with E-state index < -0.39 is 5.60 Å². The first-order chi connectivity index (χ1) is 20.0. The van der Waals surface area contributed by atoms with E-state index in [1.165, 1.54) is 11.3 Å². The number of likely N-dealkylation sites (tertiary alicyclic amines) is 2. The van der Waals surface area contributed by atoms with Crippen LogP contribution >= 0.6 is 0 Å². The first kappa shape index (κ1) is 28.3. The highest BCUT2D eigenvalue weighted by Crippen LogP contribution is 2.50. The van der Waals surface area contributed by atoms with Crippen LogP contribution in [0.15, 0.2) is 47.0 Å².